The number of carbonyl (C=O) groups excluding carboxylic acids is 1. The van der Waals surface area contributed by atoms with Gasteiger partial charge in [0, 0.05) is 35.9 Å². The van der Waals surface area contributed by atoms with Crippen LogP contribution in [-0.2, 0) is 16.3 Å². The van der Waals surface area contributed by atoms with Gasteiger partial charge in [-0.1, -0.05) is 0 Å². The summed E-state index contributed by atoms with van der Waals surface area (Å²) in [5, 5.41) is 13.9. The van der Waals surface area contributed by atoms with Crippen LogP contribution in [0.4, 0.5) is 11.4 Å². The van der Waals surface area contributed by atoms with Crippen molar-refractivity contribution in [1.82, 2.24) is 0 Å². The fraction of sp³-hybridized carbons (Fsp3) is 0.316. The largest absolute Gasteiger partial charge is 0.492 e. The maximum absolute atomic E-state index is 12.7. The number of rotatable bonds is 6. The number of hydrogen-bond donors (Lipinski definition) is 1. The maximum atomic E-state index is 12.7. The second-order valence-corrected chi connectivity index (χ2v) is 8.67. The van der Waals surface area contributed by atoms with Crippen molar-refractivity contribution < 1.29 is 27.6 Å². The minimum Gasteiger partial charge on any atom is -0.492 e. The Kier molecular flexibility index (Phi) is 5.47. The maximum Gasteiger partial charge on any atom is 0.288 e. The monoisotopic (exact) mass is 420 g/mol. The molecule has 154 valence electrons. The summed E-state index contributed by atoms with van der Waals surface area (Å²) < 4.78 is 34.8. The molecule has 0 radical (unpaired) electrons. The van der Waals surface area contributed by atoms with Crippen molar-refractivity contribution in [3.8, 4) is 11.5 Å². The normalized spacial score (nSPS) is 15.3. The number of sulfone groups is 1. The molecule has 0 fully saturated rings. The molecule has 10 heteroatoms. The molecule has 9 nitrogen and oxygen atoms in total. The Balaban J connectivity index is 1.96. The Morgan fingerprint density at radius 3 is 2.69 bits per heavy atom. The van der Waals surface area contributed by atoms with E-state index in [4.69, 9.17) is 9.47 Å². The third-order valence-corrected chi connectivity index (χ3v) is 5.51. The zero-order valence-electron chi connectivity index (χ0n) is 16.1. The summed E-state index contributed by atoms with van der Waals surface area (Å²) in [5.74, 6) is 0.453. The zero-order chi connectivity index (χ0) is 21.3. The fourth-order valence-corrected chi connectivity index (χ4v) is 3.95. The van der Waals surface area contributed by atoms with E-state index < -0.39 is 31.3 Å². The van der Waals surface area contributed by atoms with Gasteiger partial charge in [-0.15, -0.1) is 0 Å². The lowest BCUT2D eigenvalue weighted by atomic mass is 10.1. The summed E-state index contributed by atoms with van der Waals surface area (Å²) in [5.41, 5.74) is 0.615. The van der Waals surface area contributed by atoms with Gasteiger partial charge in [-0.3, -0.25) is 14.9 Å². The highest BCUT2D eigenvalue weighted by Gasteiger charge is 2.26. The molecule has 0 aliphatic carbocycles. The molecule has 1 unspecified atom stereocenters. The van der Waals surface area contributed by atoms with E-state index in [-0.39, 0.29) is 11.7 Å². The molecule has 1 aliphatic rings. The summed E-state index contributed by atoms with van der Waals surface area (Å²) >= 11 is 0. The van der Waals surface area contributed by atoms with Crippen molar-refractivity contribution in [1.29, 1.82) is 0 Å². The minimum atomic E-state index is -3.82. The molecule has 1 N–H and O–H groups in total. The molecule has 0 bridgehead atoms. The van der Waals surface area contributed by atoms with E-state index in [0.29, 0.717) is 23.8 Å². The Morgan fingerprint density at radius 1 is 1.34 bits per heavy atom. The molecule has 1 aliphatic heterocycles. The molecule has 2 aromatic rings. The van der Waals surface area contributed by atoms with Gasteiger partial charge in [-0.05, 0) is 32.0 Å². The van der Waals surface area contributed by atoms with Gasteiger partial charge in [0.05, 0.1) is 17.2 Å². The highest BCUT2D eigenvalue weighted by atomic mass is 32.2. The third kappa shape index (κ3) is 4.32. The van der Waals surface area contributed by atoms with E-state index in [1.54, 1.807) is 12.1 Å². The van der Waals surface area contributed by atoms with E-state index in [0.717, 1.165) is 30.4 Å². The van der Waals surface area contributed by atoms with Gasteiger partial charge in [0.15, 0.2) is 9.84 Å². The zero-order valence-corrected chi connectivity index (χ0v) is 16.9. The molecule has 0 saturated carbocycles. The highest BCUT2D eigenvalue weighted by Crippen LogP contribution is 2.38. The van der Waals surface area contributed by atoms with E-state index in [2.05, 4.69) is 5.32 Å². The molecule has 1 atom stereocenters. The van der Waals surface area contributed by atoms with E-state index >= 15 is 0 Å². The number of nitro benzene ring substituents is 1. The van der Waals surface area contributed by atoms with Crippen LogP contribution in [-0.4, -0.2) is 38.2 Å². The SMILES string of the molecule is CCOc1cc2c(cc1NC(=O)c1ccc(S(C)(=O)=O)c([N+](=O)[O-])c1)OC(C)C2. The number of nitrogens with one attached hydrogen (secondary N) is 1. The van der Waals surface area contributed by atoms with Crippen molar-refractivity contribution in [3.63, 3.8) is 0 Å². The first kappa shape index (κ1) is 20.6. The summed E-state index contributed by atoms with van der Waals surface area (Å²) in [4.78, 5) is 22.7. The molecule has 0 aromatic heterocycles. The van der Waals surface area contributed by atoms with Gasteiger partial charge >= 0.3 is 0 Å². The number of nitro groups is 1. The van der Waals surface area contributed by atoms with Crippen molar-refractivity contribution in [2.45, 2.75) is 31.3 Å². The Hall–Kier alpha value is -3.14. The van der Waals surface area contributed by atoms with Crippen LogP contribution >= 0.6 is 0 Å². The average Bonchev–Trinajstić information content (AvgIpc) is 2.99. The van der Waals surface area contributed by atoms with Crippen LogP contribution < -0.4 is 14.8 Å². The highest BCUT2D eigenvalue weighted by molar-refractivity contribution is 7.90. The lowest BCUT2D eigenvalue weighted by molar-refractivity contribution is -0.387. The van der Waals surface area contributed by atoms with Crippen molar-refractivity contribution in [2.24, 2.45) is 0 Å². The quantitative estimate of drug-likeness (QED) is 0.562. The number of amides is 1. The van der Waals surface area contributed by atoms with Gasteiger partial charge < -0.3 is 14.8 Å². The standard InChI is InChI=1S/C19H20N2O7S/c1-4-27-17-9-13-7-11(2)28-16(13)10-14(17)20-19(22)12-5-6-18(29(3,25)26)15(8-12)21(23)24/h5-6,8-11H,4,7H2,1-3H3,(H,20,22). The Morgan fingerprint density at radius 2 is 2.07 bits per heavy atom. The van der Waals surface area contributed by atoms with Crippen LogP contribution in [0.5, 0.6) is 11.5 Å². The van der Waals surface area contributed by atoms with Crippen LogP contribution in [0.15, 0.2) is 35.2 Å². The Labute approximate surface area is 167 Å². The van der Waals surface area contributed by atoms with E-state index in [1.807, 2.05) is 13.8 Å². The molecular weight excluding hydrogens is 400 g/mol. The smallest absolute Gasteiger partial charge is 0.288 e. The van der Waals surface area contributed by atoms with Crippen LogP contribution in [0.1, 0.15) is 29.8 Å². The van der Waals surface area contributed by atoms with Crippen molar-refractivity contribution in [2.75, 3.05) is 18.2 Å². The number of hydrogen-bond acceptors (Lipinski definition) is 7. The summed E-state index contributed by atoms with van der Waals surface area (Å²) in [6, 6.07) is 6.68. The first-order valence-electron chi connectivity index (χ1n) is 8.86. The second kappa shape index (κ2) is 7.70. The second-order valence-electron chi connectivity index (χ2n) is 6.69. The van der Waals surface area contributed by atoms with Gasteiger partial charge in [-0.2, -0.15) is 0 Å². The van der Waals surface area contributed by atoms with Crippen molar-refractivity contribution >= 4 is 27.1 Å². The number of carbonyl (C=O) groups is 1. The average molecular weight is 420 g/mol. The van der Waals surface area contributed by atoms with Gasteiger partial charge in [0.2, 0.25) is 0 Å². The molecule has 2 aromatic carbocycles. The molecule has 3 rings (SSSR count). The fourth-order valence-electron chi connectivity index (χ4n) is 3.12. The van der Waals surface area contributed by atoms with E-state index in [9.17, 15) is 23.3 Å². The Bertz CT molecular complexity index is 1100. The molecular formula is C19H20N2O7S. The van der Waals surface area contributed by atoms with E-state index in [1.165, 1.54) is 6.07 Å². The number of benzene rings is 2. The first-order valence-corrected chi connectivity index (χ1v) is 10.8. The molecule has 29 heavy (non-hydrogen) atoms. The van der Waals surface area contributed by atoms with Crippen LogP contribution in [0.25, 0.3) is 0 Å². The molecule has 0 spiro atoms. The number of fused-ring (bicyclic) bond motifs is 1. The molecule has 1 amide bonds. The molecule has 1 heterocycles. The number of ether oxygens (including phenoxy) is 2. The minimum absolute atomic E-state index is 0.0108. The lowest BCUT2D eigenvalue weighted by Gasteiger charge is -2.14. The topological polar surface area (TPSA) is 125 Å². The predicted molar refractivity (Wildman–Crippen MR) is 106 cm³/mol. The third-order valence-electron chi connectivity index (χ3n) is 4.36. The van der Waals surface area contributed by atoms with Gasteiger partial charge in [-0.25, -0.2) is 8.42 Å². The molecule has 0 saturated heterocycles. The summed E-state index contributed by atoms with van der Waals surface area (Å²) in [6.07, 6.45) is 1.61. The predicted octanol–water partition coefficient (Wildman–Crippen LogP) is 2.97. The van der Waals surface area contributed by atoms with Crippen LogP contribution in [0.2, 0.25) is 0 Å². The van der Waals surface area contributed by atoms with Gasteiger partial charge in [0.25, 0.3) is 11.6 Å². The number of anilines is 1. The number of nitrogens with zero attached hydrogens (tertiary/aromatic N) is 1. The lowest BCUT2D eigenvalue weighted by Crippen LogP contribution is -2.14. The van der Waals surface area contributed by atoms with Crippen LogP contribution in [0.3, 0.4) is 0 Å². The summed E-state index contributed by atoms with van der Waals surface area (Å²) in [7, 11) is -3.82. The summed E-state index contributed by atoms with van der Waals surface area (Å²) in [6.45, 7) is 4.12. The van der Waals surface area contributed by atoms with Crippen molar-refractivity contribution in [3.05, 3.63) is 51.6 Å². The van der Waals surface area contributed by atoms with Crippen LogP contribution in [0, 0.1) is 10.1 Å². The first-order chi connectivity index (χ1) is 13.6. The van der Waals surface area contributed by atoms with Gasteiger partial charge in [0.1, 0.15) is 22.5 Å².